The number of sulfonamides is 1. The van der Waals surface area contributed by atoms with Crippen LogP contribution in [0.3, 0.4) is 0 Å². The van der Waals surface area contributed by atoms with Crippen LogP contribution in [0.2, 0.25) is 0 Å². The first-order valence-electron chi connectivity index (χ1n) is 8.10. The van der Waals surface area contributed by atoms with E-state index in [9.17, 15) is 13.2 Å². The molecule has 2 aromatic rings. The van der Waals surface area contributed by atoms with Crippen LogP contribution in [0.1, 0.15) is 26.6 Å². The van der Waals surface area contributed by atoms with Gasteiger partial charge in [0.1, 0.15) is 5.69 Å². The van der Waals surface area contributed by atoms with Crippen molar-refractivity contribution in [2.75, 3.05) is 26.2 Å². The number of thiazole rings is 1. The molecule has 0 spiro atoms. The zero-order valence-electron chi connectivity index (χ0n) is 14.3. The molecule has 1 fully saturated rings. The van der Waals surface area contributed by atoms with E-state index in [1.165, 1.54) is 15.6 Å². The second-order valence-electron chi connectivity index (χ2n) is 6.18. The Balaban J connectivity index is 1.61. The van der Waals surface area contributed by atoms with E-state index in [0.717, 1.165) is 16.1 Å². The molecular weight excluding hydrogens is 358 g/mol. The second-order valence-corrected chi connectivity index (χ2v) is 9.22. The molecule has 0 N–H and O–H groups in total. The van der Waals surface area contributed by atoms with E-state index in [0.29, 0.717) is 31.9 Å². The molecule has 1 saturated heterocycles. The molecule has 1 aromatic heterocycles. The summed E-state index contributed by atoms with van der Waals surface area (Å²) in [6, 6.07) is 7.52. The summed E-state index contributed by atoms with van der Waals surface area (Å²) in [5.74, 6) is -0.132. The lowest BCUT2D eigenvalue weighted by Gasteiger charge is -2.33. The minimum Gasteiger partial charge on any atom is -0.335 e. The molecule has 1 aliphatic heterocycles. The van der Waals surface area contributed by atoms with Crippen molar-refractivity contribution in [3.8, 4) is 0 Å². The Morgan fingerprint density at radius 3 is 2.32 bits per heavy atom. The molecule has 0 radical (unpaired) electrons. The molecule has 1 aromatic carbocycles. The minimum atomic E-state index is -3.38. The summed E-state index contributed by atoms with van der Waals surface area (Å²) in [5, 5.41) is 2.60. The van der Waals surface area contributed by atoms with Gasteiger partial charge >= 0.3 is 0 Å². The van der Waals surface area contributed by atoms with Crippen LogP contribution in [-0.4, -0.2) is 54.7 Å². The predicted molar refractivity (Wildman–Crippen MR) is 98.1 cm³/mol. The molecule has 0 saturated carbocycles. The van der Waals surface area contributed by atoms with E-state index in [-0.39, 0.29) is 11.7 Å². The fraction of sp³-hybridized carbons (Fsp3) is 0.412. The molecule has 3 rings (SSSR count). The summed E-state index contributed by atoms with van der Waals surface area (Å²) in [6.07, 6.45) is 0. The van der Waals surface area contributed by atoms with Crippen molar-refractivity contribution in [1.82, 2.24) is 14.2 Å². The molecule has 0 atom stereocenters. The van der Waals surface area contributed by atoms with Crippen LogP contribution < -0.4 is 0 Å². The normalized spacial score (nSPS) is 16.2. The summed E-state index contributed by atoms with van der Waals surface area (Å²) in [4.78, 5) is 18.3. The molecule has 1 amide bonds. The Morgan fingerprint density at radius 2 is 1.76 bits per heavy atom. The Labute approximate surface area is 152 Å². The van der Waals surface area contributed by atoms with Crippen molar-refractivity contribution in [1.29, 1.82) is 0 Å². The third-order valence-corrected chi connectivity index (χ3v) is 6.85. The molecule has 0 aliphatic carbocycles. The van der Waals surface area contributed by atoms with Gasteiger partial charge in [0.2, 0.25) is 10.0 Å². The van der Waals surface area contributed by atoms with E-state index in [1.54, 1.807) is 10.3 Å². The molecule has 0 unspecified atom stereocenters. The quantitative estimate of drug-likeness (QED) is 0.815. The third-order valence-electron chi connectivity index (χ3n) is 4.23. The zero-order valence-corrected chi connectivity index (χ0v) is 15.9. The van der Waals surface area contributed by atoms with Crippen LogP contribution >= 0.6 is 11.3 Å². The number of carbonyl (C=O) groups excluding carboxylic acids is 1. The second kappa shape index (κ2) is 7.23. The SMILES string of the molecule is Cc1ccc(CS(=O)(=O)N2CCN(C(=O)c3csc(C)n3)CC2)cc1. The number of hydrogen-bond acceptors (Lipinski definition) is 5. The van der Waals surface area contributed by atoms with Crippen LogP contribution in [0.5, 0.6) is 0 Å². The highest BCUT2D eigenvalue weighted by Crippen LogP contribution is 2.16. The highest BCUT2D eigenvalue weighted by molar-refractivity contribution is 7.88. The van der Waals surface area contributed by atoms with Crippen LogP contribution in [0.15, 0.2) is 29.6 Å². The molecule has 2 heterocycles. The molecule has 8 heteroatoms. The van der Waals surface area contributed by atoms with Gasteiger partial charge in [-0.3, -0.25) is 4.79 Å². The van der Waals surface area contributed by atoms with Crippen molar-refractivity contribution in [2.24, 2.45) is 0 Å². The number of carbonyl (C=O) groups is 1. The van der Waals surface area contributed by atoms with Gasteiger partial charge in [-0.15, -0.1) is 11.3 Å². The van der Waals surface area contributed by atoms with Crippen LogP contribution in [-0.2, 0) is 15.8 Å². The highest BCUT2D eigenvalue weighted by atomic mass is 32.2. The average Bonchev–Trinajstić information content (AvgIpc) is 3.03. The maximum absolute atomic E-state index is 12.6. The van der Waals surface area contributed by atoms with E-state index in [1.807, 2.05) is 38.1 Å². The van der Waals surface area contributed by atoms with Gasteiger partial charge in [0, 0.05) is 31.6 Å². The van der Waals surface area contributed by atoms with Gasteiger partial charge in [-0.25, -0.2) is 13.4 Å². The maximum atomic E-state index is 12.6. The largest absolute Gasteiger partial charge is 0.335 e. The lowest BCUT2D eigenvalue weighted by molar-refractivity contribution is 0.0692. The van der Waals surface area contributed by atoms with Crippen molar-refractivity contribution in [3.05, 3.63) is 51.5 Å². The number of benzene rings is 1. The van der Waals surface area contributed by atoms with Crippen LogP contribution in [0.25, 0.3) is 0 Å². The number of nitrogens with zero attached hydrogens (tertiary/aromatic N) is 3. The number of amides is 1. The fourth-order valence-electron chi connectivity index (χ4n) is 2.78. The molecule has 6 nitrogen and oxygen atoms in total. The Kier molecular flexibility index (Phi) is 5.21. The van der Waals surface area contributed by atoms with E-state index in [2.05, 4.69) is 4.98 Å². The first-order valence-corrected chi connectivity index (χ1v) is 10.6. The number of aryl methyl sites for hydroxylation is 2. The van der Waals surface area contributed by atoms with E-state index in [4.69, 9.17) is 0 Å². The monoisotopic (exact) mass is 379 g/mol. The first-order chi connectivity index (χ1) is 11.8. The van der Waals surface area contributed by atoms with Crippen LogP contribution in [0.4, 0.5) is 0 Å². The topological polar surface area (TPSA) is 70.6 Å². The molecule has 1 aliphatic rings. The Hall–Kier alpha value is -1.77. The number of aromatic nitrogens is 1. The van der Waals surface area contributed by atoms with E-state index >= 15 is 0 Å². The van der Waals surface area contributed by atoms with Gasteiger partial charge in [-0.2, -0.15) is 4.31 Å². The summed E-state index contributed by atoms with van der Waals surface area (Å²) in [7, 11) is -3.38. The van der Waals surface area contributed by atoms with Gasteiger partial charge in [0.15, 0.2) is 0 Å². The van der Waals surface area contributed by atoms with Crippen molar-refractivity contribution in [2.45, 2.75) is 19.6 Å². The van der Waals surface area contributed by atoms with Gasteiger partial charge < -0.3 is 4.90 Å². The van der Waals surface area contributed by atoms with Gasteiger partial charge in [0.05, 0.1) is 10.8 Å². The van der Waals surface area contributed by atoms with Gasteiger partial charge in [0.25, 0.3) is 5.91 Å². The van der Waals surface area contributed by atoms with Crippen molar-refractivity contribution in [3.63, 3.8) is 0 Å². The van der Waals surface area contributed by atoms with E-state index < -0.39 is 10.0 Å². The van der Waals surface area contributed by atoms with Crippen molar-refractivity contribution >= 4 is 27.3 Å². The maximum Gasteiger partial charge on any atom is 0.273 e. The van der Waals surface area contributed by atoms with Crippen molar-refractivity contribution < 1.29 is 13.2 Å². The van der Waals surface area contributed by atoms with Gasteiger partial charge in [-0.1, -0.05) is 29.8 Å². The number of hydrogen-bond donors (Lipinski definition) is 0. The summed E-state index contributed by atoms with van der Waals surface area (Å²) < 4.78 is 26.7. The lowest BCUT2D eigenvalue weighted by atomic mass is 10.2. The molecule has 134 valence electrons. The summed E-state index contributed by atoms with van der Waals surface area (Å²) in [6.45, 7) is 5.26. The fourth-order valence-corrected chi connectivity index (χ4v) is 4.88. The Morgan fingerprint density at radius 1 is 1.12 bits per heavy atom. The Bertz CT molecular complexity index is 852. The molecular formula is C17H21N3O3S2. The minimum absolute atomic E-state index is 0.00743. The smallest absolute Gasteiger partial charge is 0.273 e. The highest BCUT2D eigenvalue weighted by Gasteiger charge is 2.29. The van der Waals surface area contributed by atoms with Gasteiger partial charge in [-0.05, 0) is 19.4 Å². The standard InChI is InChI=1S/C17H21N3O3S2/c1-13-3-5-15(6-4-13)12-25(22,23)20-9-7-19(8-10-20)17(21)16-11-24-14(2)18-16/h3-6,11H,7-10,12H2,1-2H3. The predicted octanol–water partition coefficient (Wildman–Crippen LogP) is 2.05. The summed E-state index contributed by atoms with van der Waals surface area (Å²) >= 11 is 1.44. The first kappa shape index (κ1) is 18.0. The number of piperazine rings is 1. The lowest BCUT2D eigenvalue weighted by Crippen LogP contribution is -2.50. The zero-order chi connectivity index (χ0) is 18.0. The van der Waals surface area contributed by atoms with Crippen LogP contribution in [0, 0.1) is 13.8 Å². The molecule has 0 bridgehead atoms. The number of rotatable bonds is 4. The summed E-state index contributed by atoms with van der Waals surface area (Å²) in [5.41, 5.74) is 2.33. The third kappa shape index (κ3) is 4.26. The average molecular weight is 380 g/mol. The molecule has 25 heavy (non-hydrogen) atoms.